The first-order chi connectivity index (χ1) is 9.52. The van der Waals surface area contributed by atoms with Crippen molar-refractivity contribution in [3.05, 3.63) is 53.1 Å². The van der Waals surface area contributed by atoms with Crippen molar-refractivity contribution >= 4 is 11.5 Å². The fourth-order valence-electron chi connectivity index (χ4n) is 1.90. The molecular formula is C16H14N2O2. The van der Waals surface area contributed by atoms with Crippen molar-refractivity contribution in [1.82, 2.24) is 0 Å². The number of ketones is 1. The maximum atomic E-state index is 11.6. The van der Waals surface area contributed by atoms with Crippen molar-refractivity contribution in [2.45, 2.75) is 13.8 Å². The molecule has 0 unspecified atom stereocenters. The van der Waals surface area contributed by atoms with Crippen molar-refractivity contribution in [3.63, 3.8) is 0 Å². The summed E-state index contributed by atoms with van der Waals surface area (Å²) in [6, 6.07) is 12.3. The van der Waals surface area contributed by atoms with Crippen molar-refractivity contribution in [3.8, 4) is 17.6 Å². The minimum Gasteiger partial charge on any atom is -0.455 e. The first-order valence-electron chi connectivity index (χ1n) is 6.11. The summed E-state index contributed by atoms with van der Waals surface area (Å²) in [6.07, 6.45) is 0. The van der Waals surface area contributed by atoms with Gasteiger partial charge >= 0.3 is 0 Å². The molecule has 0 atom stereocenters. The number of nitriles is 1. The van der Waals surface area contributed by atoms with Crippen molar-refractivity contribution < 1.29 is 9.53 Å². The number of rotatable bonds is 3. The Hall–Kier alpha value is -2.80. The van der Waals surface area contributed by atoms with Crippen LogP contribution in [0.1, 0.15) is 28.4 Å². The Bertz CT molecular complexity index is 715. The van der Waals surface area contributed by atoms with Gasteiger partial charge in [0, 0.05) is 5.69 Å². The minimum atomic E-state index is -0.139. The van der Waals surface area contributed by atoms with Crippen LogP contribution in [0, 0.1) is 18.3 Å². The molecule has 2 aromatic rings. The zero-order valence-corrected chi connectivity index (χ0v) is 11.3. The van der Waals surface area contributed by atoms with E-state index < -0.39 is 0 Å². The van der Waals surface area contributed by atoms with Crippen LogP contribution < -0.4 is 10.5 Å². The van der Waals surface area contributed by atoms with Crippen molar-refractivity contribution in [2.75, 3.05) is 5.73 Å². The van der Waals surface area contributed by atoms with Crippen LogP contribution in [0.3, 0.4) is 0 Å². The molecule has 0 spiro atoms. The molecule has 0 aliphatic rings. The highest BCUT2D eigenvalue weighted by molar-refractivity contribution is 5.97. The molecule has 20 heavy (non-hydrogen) atoms. The van der Waals surface area contributed by atoms with E-state index in [1.807, 2.05) is 13.0 Å². The number of carbonyl (C=O) groups is 1. The molecule has 0 radical (unpaired) electrons. The Morgan fingerprint density at radius 1 is 1.30 bits per heavy atom. The minimum absolute atomic E-state index is 0.139. The summed E-state index contributed by atoms with van der Waals surface area (Å²) in [7, 11) is 0. The molecule has 0 saturated carbocycles. The number of nitrogens with zero attached hydrogens (tertiary/aromatic N) is 1. The van der Waals surface area contributed by atoms with Gasteiger partial charge in [0.1, 0.15) is 17.6 Å². The van der Waals surface area contributed by atoms with Gasteiger partial charge in [-0.2, -0.15) is 5.26 Å². The molecule has 4 nitrogen and oxygen atoms in total. The topological polar surface area (TPSA) is 76.1 Å². The largest absolute Gasteiger partial charge is 0.455 e. The fraction of sp³-hybridized carbons (Fsp3) is 0.125. The zero-order chi connectivity index (χ0) is 14.7. The third-order valence-electron chi connectivity index (χ3n) is 2.93. The van der Waals surface area contributed by atoms with E-state index in [1.165, 1.54) is 6.92 Å². The fourth-order valence-corrected chi connectivity index (χ4v) is 1.90. The first-order valence-corrected chi connectivity index (χ1v) is 6.11. The maximum absolute atomic E-state index is 11.6. The van der Waals surface area contributed by atoms with E-state index in [1.54, 1.807) is 30.3 Å². The first kappa shape index (κ1) is 13.6. The normalized spacial score (nSPS) is 9.85. The predicted octanol–water partition coefficient (Wildman–Crippen LogP) is 3.44. The molecular weight excluding hydrogens is 252 g/mol. The smallest absolute Gasteiger partial charge is 0.163 e. The summed E-state index contributed by atoms with van der Waals surface area (Å²) in [5.74, 6) is 0.721. The number of nitrogens with two attached hydrogens (primary N) is 1. The van der Waals surface area contributed by atoms with Gasteiger partial charge in [-0.25, -0.2) is 0 Å². The number of benzene rings is 2. The highest BCUT2D eigenvalue weighted by Crippen LogP contribution is 2.32. The predicted molar refractivity (Wildman–Crippen MR) is 76.8 cm³/mol. The number of hydrogen-bond donors (Lipinski definition) is 1. The lowest BCUT2D eigenvalue weighted by Crippen LogP contribution is -2.00. The maximum Gasteiger partial charge on any atom is 0.163 e. The molecule has 4 heteroatoms. The zero-order valence-electron chi connectivity index (χ0n) is 11.3. The number of anilines is 1. The second-order valence-electron chi connectivity index (χ2n) is 4.48. The Morgan fingerprint density at radius 3 is 2.70 bits per heavy atom. The van der Waals surface area contributed by atoms with E-state index in [9.17, 15) is 4.79 Å². The highest BCUT2D eigenvalue weighted by atomic mass is 16.5. The quantitative estimate of drug-likeness (QED) is 0.682. The summed E-state index contributed by atoms with van der Waals surface area (Å²) < 4.78 is 5.78. The number of Topliss-reactive ketones (excluding diaryl/α,β-unsaturated/α-hetero) is 1. The van der Waals surface area contributed by atoms with E-state index in [-0.39, 0.29) is 5.78 Å². The SMILES string of the molecule is CC(=O)c1cc(N)ccc1Oc1c(C)cccc1C#N. The van der Waals surface area contributed by atoms with Gasteiger partial charge in [-0.3, -0.25) is 4.79 Å². The second kappa shape index (κ2) is 5.45. The van der Waals surface area contributed by atoms with E-state index >= 15 is 0 Å². The summed E-state index contributed by atoms with van der Waals surface area (Å²) in [5, 5.41) is 9.13. The third kappa shape index (κ3) is 2.62. The van der Waals surface area contributed by atoms with E-state index in [2.05, 4.69) is 6.07 Å². The van der Waals surface area contributed by atoms with Crippen LogP contribution in [-0.4, -0.2) is 5.78 Å². The number of carbonyl (C=O) groups excluding carboxylic acids is 1. The van der Waals surface area contributed by atoms with Gasteiger partial charge in [-0.1, -0.05) is 12.1 Å². The Morgan fingerprint density at radius 2 is 2.05 bits per heavy atom. The number of aryl methyl sites for hydroxylation is 1. The van der Waals surface area contributed by atoms with Crippen LogP contribution in [0.5, 0.6) is 11.5 Å². The van der Waals surface area contributed by atoms with E-state index in [0.29, 0.717) is 28.3 Å². The molecule has 0 aliphatic heterocycles. The molecule has 0 fully saturated rings. The van der Waals surface area contributed by atoms with Gasteiger partial charge in [0.25, 0.3) is 0 Å². The van der Waals surface area contributed by atoms with Gasteiger partial charge in [-0.15, -0.1) is 0 Å². The molecule has 0 aliphatic carbocycles. The average Bonchev–Trinajstić information content (AvgIpc) is 2.42. The van der Waals surface area contributed by atoms with Crippen LogP contribution in [0.25, 0.3) is 0 Å². The van der Waals surface area contributed by atoms with Crippen molar-refractivity contribution in [2.24, 2.45) is 0 Å². The number of para-hydroxylation sites is 1. The Balaban J connectivity index is 2.51. The van der Waals surface area contributed by atoms with Gasteiger partial charge < -0.3 is 10.5 Å². The van der Waals surface area contributed by atoms with Crippen LogP contribution >= 0.6 is 0 Å². The highest BCUT2D eigenvalue weighted by Gasteiger charge is 2.13. The van der Waals surface area contributed by atoms with Crippen LogP contribution in [-0.2, 0) is 0 Å². The summed E-state index contributed by atoms with van der Waals surface area (Å²) in [5.41, 5.74) is 7.83. The molecule has 0 bridgehead atoms. The number of hydrogen-bond acceptors (Lipinski definition) is 4. The lowest BCUT2D eigenvalue weighted by Gasteiger charge is -2.13. The second-order valence-corrected chi connectivity index (χ2v) is 4.48. The van der Waals surface area contributed by atoms with Crippen LogP contribution in [0.2, 0.25) is 0 Å². The van der Waals surface area contributed by atoms with Gasteiger partial charge in [0.2, 0.25) is 0 Å². The van der Waals surface area contributed by atoms with E-state index in [4.69, 9.17) is 15.7 Å². The molecule has 2 aromatic carbocycles. The number of nitrogen functional groups attached to an aromatic ring is 1. The number of ether oxygens (including phenoxy) is 1. The molecule has 0 aromatic heterocycles. The van der Waals surface area contributed by atoms with E-state index in [0.717, 1.165) is 5.56 Å². The molecule has 100 valence electrons. The van der Waals surface area contributed by atoms with Gasteiger partial charge in [-0.05, 0) is 43.7 Å². The van der Waals surface area contributed by atoms with Gasteiger partial charge in [0.05, 0.1) is 11.1 Å². The Labute approximate surface area is 117 Å². The molecule has 2 N–H and O–H groups in total. The van der Waals surface area contributed by atoms with Crippen LogP contribution in [0.15, 0.2) is 36.4 Å². The van der Waals surface area contributed by atoms with Crippen LogP contribution in [0.4, 0.5) is 5.69 Å². The lowest BCUT2D eigenvalue weighted by molar-refractivity contribution is 0.101. The summed E-state index contributed by atoms with van der Waals surface area (Å²) >= 11 is 0. The average molecular weight is 266 g/mol. The monoisotopic (exact) mass is 266 g/mol. The molecule has 2 rings (SSSR count). The summed E-state index contributed by atoms with van der Waals surface area (Å²) in [4.78, 5) is 11.6. The Kier molecular flexibility index (Phi) is 3.72. The van der Waals surface area contributed by atoms with Gasteiger partial charge in [0.15, 0.2) is 5.78 Å². The third-order valence-corrected chi connectivity index (χ3v) is 2.93. The summed E-state index contributed by atoms with van der Waals surface area (Å²) in [6.45, 7) is 3.30. The van der Waals surface area contributed by atoms with Crippen molar-refractivity contribution in [1.29, 1.82) is 5.26 Å². The molecule has 0 saturated heterocycles. The molecule has 0 amide bonds. The standard InChI is InChI=1S/C16H14N2O2/c1-10-4-3-5-12(9-17)16(10)20-15-7-6-13(18)8-14(15)11(2)19/h3-8H,18H2,1-2H3. The lowest BCUT2D eigenvalue weighted by atomic mass is 10.1. The molecule has 0 heterocycles.